The normalized spacial score (nSPS) is 36.0. The molecule has 2 bridgehead atoms. The van der Waals surface area contributed by atoms with E-state index >= 15 is 0 Å². The fourth-order valence-corrected chi connectivity index (χ4v) is 9.25. The van der Waals surface area contributed by atoms with Crippen LogP contribution in [0.25, 0.3) is 6.08 Å². The van der Waals surface area contributed by atoms with Gasteiger partial charge in [-0.05, 0) is 66.4 Å². The zero-order valence-corrected chi connectivity index (χ0v) is 26.5. The molecule has 1 aromatic rings. The standard InChI is InChI=1S/C34H40O11/c1-17-20-9-10-23-33-16-42-30(43-18(2)35)27(33)32(3,4)13-12-24(33)44-31(38)34(23,28(17)37)29(20)45-25(36)11-8-19-14-21(39-5)26(41-7)22(15-19)40-6/h8,11,14-15,20,23-24,27,29-30H,1,9-10,12-13,16H2,2-7H3/b11-8+/t20-,23-,24-,27?,29+,30?,33?,34?/m0/s1. The van der Waals surface area contributed by atoms with Gasteiger partial charge in [0, 0.05) is 30.3 Å². The van der Waals surface area contributed by atoms with Crippen LogP contribution < -0.4 is 14.2 Å². The summed E-state index contributed by atoms with van der Waals surface area (Å²) >= 11 is 0. The number of Topliss-reactive ketones (excluding diaryl/α,β-unsaturated/α-hetero) is 1. The van der Waals surface area contributed by atoms with Gasteiger partial charge in [-0.2, -0.15) is 0 Å². The summed E-state index contributed by atoms with van der Waals surface area (Å²) in [5.74, 6) is -2.55. The Balaban J connectivity index is 1.37. The molecule has 0 aromatic heterocycles. The van der Waals surface area contributed by atoms with Crippen LogP contribution in [0.1, 0.15) is 52.0 Å². The number of benzene rings is 1. The SMILES string of the molecule is C=C1C(=O)C23C(=O)O[C@H]4CCC(C)(C)C5C(OC(C)=O)OCC54[C@@H]2CC[C@@H]1[C@H]3OC(=O)/C=C/c1cc(OC)c(OC)c(OC)c1. The lowest BCUT2D eigenvalue weighted by Gasteiger charge is -2.62. The molecule has 2 heterocycles. The number of hydrogen-bond acceptors (Lipinski definition) is 11. The van der Waals surface area contributed by atoms with E-state index in [-0.39, 0.29) is 23.5 Å². The number of hydrogen-bond donors (Lipinski definition) is 0. The highest BCUT2D eigenvalue weighted by molar-refractivity contribution is 6.16. The lowest BCUT2D eigenvalue weighted by molar-refractivity contribution is -0.252. The maximum absolute atomic E-state index is 14.2. The van der Waals surface area contributed by atoms with E-state index in [0.717, 1.165) is 0 Å². The molecule has 242 valence electrons. The highest BCUT2D eigenvalue weighted by Crippen LogP contribution is 2.71. The Bertz CT molecular complexity index is 1470. The molecule has 3 saturated carbocycles. The molecule has 45 heavy (non-hydrogen) atoms. The molecular formula is C34H40O11. The second kappa shape index (κ2) is 10.9. The van der Waals surface area contributed by atoms with Crippen LogP contribution >= 0.6 is 0 Å². The molecule has 8 atom stereocenters. The van der Waals surface area contributed by atoms with Crippen LogP contribution in [0.4, 0.5) is 0 Å². The van der Waals surface area contributed by atoms with Crippen molar-refractivity contribution in [2.75, 3.05) is 27.9 Å². The number of ether oxygens (including phenoxy) is 7. The maximum Gasteiger partial charge on any atom is 0.331 e. The van der Waals surface area contributed by atoms with Gasteiger partial charge in [-0.3, -0.25) is 14.4 Å². The van der Waals surface area contributed by atoms with E-state index in [4.69, 9.17) is 33.2 Å². The third kappa shape index (κ3) is 4.33. The number of ketones is 1. The van der Waals surface area contributed by atoms with Gasteiger partial charge in [0.15, 0.2) is 22.7 Å². The summed E-state index contributed by atoms with van der Waals surface area (Å²) in [6.45, 7) is 9.74. The molecule has 0 N–H and O–H groups in total. The summed E-state index contributed by atoms with van der Waals surface area (Å²) in [4.78, 5) is 53.9. The van der Waals surface area contributed by atoms with Crippen molar-refractivity contribution in [3.63, 3.8) is 0 Å². The first-order valence-electron chi connectivity index (χ1n) is 15.3. The molecule has 6 rings (SSSR count). The molecular weight excluding hydrogens is 584 g/mol. The van der Waals surface area contributed by atoms with Gasteiger partial charge in [-0.15, -0.1) is 0 Å². The molecule has 2 aliphatic heterocycles. The summed E-state index contributed by atoms with van der Waals surface area (Å²) < 4.78 is 40.3. The van der Waals surface area contributed by atoms with Crippen LogP contribution in [-0.2, 0) is 38.1 Å². The van der Waals surface area contributed by atoms with Crippen molar-refractivity contribution < 1.29 is 52.3 Å². The molecule has 11 nitrogen and oxygen atoms in total. The molecule has 2 spiro atoms. The summed E-state index contributed by atoms with van der Waals surface area (Å²) in [6, 6.07) is 3.36. The van der Waals surface area contributed by atoms with Crippen LogP contribution in [0, 0.1) is 34.0 Å². The van der Waals surface area contributed by atoms with Gasteiger partial charge in [0.2, 0.25) is 12.0 Å². The van der Waals surface area contributed by atoms with Crippen molar-refractivity contribution >= 4 is 29.8 Å². The smallest absolute Gasteiger partial charge is 0.331 e. The summed E-state index contributed by atoms with van der Waals surface area (Å²) in [7, 11) is 4.48. The monoisotopic (exact) mass is 624 g/mol. The van der Waals surface area contributed by atoms with Crippen molar-refractivity contribution in [3.05, 3.63) is 35.9 Å². The summed E-state index contributed by atoms with van der Waals surface area (Å²) in [5, 5.41) is 0. The average Bonchev–Trinajstić information content (AvgIpc) is 3.43. The number of fused-ring (bicyclic) bond motifs is 1. The summed E-state index contributed by atoms with van der Waals surface area (Å²) in [6.07, 6.45) is 2.59. The molecule has 0 amide bonds. The molecule has 5 aliphatic rings. The van der Waals surface area contributed by atoms with Crippen molar-refractivity contribution in [2.24, 2.45) is 34.0 Å². The fraction of sp³-hybridized carbons (Fsp3) is 0.588. The predicted octanol–water partition coefficient (Wildman–Crippen LogP) is 4.06. The van der Waals surface area contributed by atoms with E-state index in [1.54, 1.807) is 12.1 Å². The zero-order valence-electron chi connectivity index (χ0n) is 26.5. The second-order valence-electron chi connectivity index (χ2n) is 13.4. The Hall–Kier alpha value is -3.86. The fourth-order valence-electron chi connectivity index (χ4n) is 9.25. The lowest BCUT2D eigenvalue weighted by Crippen LogP contribution is -2.71. The van der Waals surface area contributed by atoms with Gasteiger partial charge in [-0.1, -0.05) is 20.4 Å². The Kier molecular flexibility index (Phi) is 7.54. The highest BCUT2D eigenvalue weighted by Gasteiger charge is 2.81. The predicted molar refractivity (Wildman–Crippen MR) is 158 cm³/mol. The van der Waals surface area contributed by atoms with Gasteiger partial charge in [-0.25, -0.2) is 4.79 Å². The zero-order chi connectivity index (χ0) is 32.5. The number of carbonyl (C=O) groups excluding carboxylic acids is 4. The molecule has 2 saturated heterocycles. The Morgan fingerprint density at radius 1 is 1.00 bits per heavy atom. The third-order valence-electron chi connectivity index (χ3n) is 10.9. The minimum Gasteiger partial charge on any atom is -0.493 e. The topological polar surface area (TPSA) is 133 Å². The Labute approximate surface area is 262 Å². The average molecular weight is 625 g/mol. The first kappa shape index (κ1) is 31.1. The van der Waals surface area contributed by atoms with E-state index in [1.165, 1.54) is 40.4 Å². The Morgan fingerprint density at radius 2 is 1.69 bits per heavy atom. The molecule has 11 heteroatoms. The van der Waals surface area contributed by atoms with Gasteiger partial charge in [0.25, 0.3) is 0 Å². The van der Waals surface area contributed by atoms with E-state index in [9.17, 15) is 19.2 Å². The van der Waals surface area contributed by atoms with Crippen LogP contribution in [0.5, 0.6) is 17.2 Å². The maximum atomic E-state index is 14.2. The number of rotatable bonds is 7. The third-order valence-corrected chi connectivity index (χ3v) is 10.9. The number of carbonyl (C=O) groups is 4. The van der Waals surface area contributed by atoms with Crippen molar-refractivity contribution in [1.29, 1.82) is 0 Å². The van der Waals surface area contributed by atoms with Gasteiger partial charge >= 0.3 is 17.9 Å². The van der Waals surface area contributed by atoms with Crippen LogP contribution in [0.15, 0.2) is 30.4 Å². The molecule has 0 radical (unpaired) electrons. The highest BCUT2D eigenvalue weighted by atomic mass is 16.7. The van der Waals surface area contributed by atoms with Crippen molar-refractivity contribution in [1.82, 2.24) is 0 Å². The minimum absolute atomic E-state index is 0.148. The van der Waals surface area contributed by atoms with E-state index in [2.05, 4.69) is 20.4 Å². The van der Waals surface area contributed by atoms with E-state index < -0.39 is 64.9 Å². The van der Waals surface area contributed by atoms with Crippen LogP contribution in [-0.4, -0.2) is 70.1 Å². The lowest BCUT2D eigenvalue weighted by atomic mass is 9.43. The number of esters is 3. The molecule has 1 aromatic carbocycles. The largest absolute Gasteiger partial charge is 0.493 e. The second-order valence-corrected chi connectivity index (χ2v) is 13.4. The Morgan fingerprint density at radius 3 is 2.31 bits per heavy atom. The molecule has 5 fully saturated rings. The quantitative estimate of drug-likeness (QED) is 0.188. The summed E-state index contributed by atoms with van der Waals surface area (Å²) in [5.41, 5.74) is -2.11. The van der Waals surface area contributed by atoms with Crippen LogP contribution in [0.3, 0.4) is 0 Å². The van der Waals surface area contributed by atoms with Crippen molar-refractivity contribution in [3.8, 4) is 17.2 Å². The van der Waals surface area contributed by atoms with E-state index in [0.29, 0.717) is 48.5 Å². The molecule has 3 aliphatic carbocycles. The van der Waals surface area contributed by atoms with Crippen molar-refractivity contribution in [2.45, 2.75) is 65.0 Å². The van der Waals surface area contributed by atoms with E-state index in [1.807, 2.05) is 0 Å². The minimum atomic E-state index is -1.77. The number of methoxy groups -OCH3 is 3. The first-order valence-corrected chi connectivity index (χ1v) is 15.3. The van der Waals surface area contributed by atoms with Gasteiger partial charge in [0.05, 0.1) is 27.9 Å². The van der Waals surface area contributed by atoms with Gasteiger partial charge in [0.1, 0.15) is 12.2 Å². The van der Waals surface area contributed by atoms with Gasteiger partial charge < -0.3 is 33.2 Å². The van der Waals surface area contributed by atoms with Crippen LogP contribution in [0.2, 0.25) is 0 Å². The first-order chi connectivity index (χ1) is 21.4. The molecule has 4 unspecified atom stereocenters.